The Morgan fingerprint density at radius 3 is 2.25 bits per heavy atom. The van der Waals surface area contributed by atoms with Crippen LogP contribution in [-0.4, -0.2) is 58.8 Å². The molecule has 3 aromatic rings. The molecule has 6 bridgehead atoms. The molecule has 7 nitrogen and oxygen atoms in total. The molecular formula is C48H60N2O5. The van der Waals surface area contributed by atoms with Crippen LogP contribution in [0.2, 0.25) is 0 Å². The van der Waals surface area contributed by atoms with E-state index in [1.54, 1.807) is 7.11 Å². The number of hydrogen-bond acceptors (Lipinski definition) is 5. The summed E-state index contributed by atoms with van der Waals surface area (Å²) in [6.45, 7) is 5.27. The maximum Gasteiger partial charge on any atom is 0.321 e. The normalized spacial score (nSPS) is 32.7. The van der Waals surface area contributed by atoms with Crippen molar-refractivity contribution in [1.82, 2.24) is 4.90 Å². The number of anilines is 1. The molecule has 7 heteroatoms. The Hall–Kier alpha value is -3.94. The minimum Gasteiger partial charge on any atom is -0.497 e. The van der Waals surface area contributed by atoms with Gasteiger partial charge in [0.1, 0.15) is 5.75 Å². The Morgan fingerprint density at radius 1 is 0.891 bits per heavy atom. The lowest BCUT2D eigenvalue weighted by atomic mass is 9.49. The molecule has 5 fully saturated rings. The number of carbonyl (C=O) groups excluding carboxylic acids is 2. The van der Waals surface area contributed by atoms with Gasteiger partial charge in [-0.2, -0.15) is 0 Å². The first kappa shape index (κ1) is 38.0. The Labute approximate surface area is 327 Å². The van der Waals surface area contributed by atoms with Gasteiger partial charge >= 0.3 is 6.03 Å². The highest BCUT2D eigenvalue weighted by atomic mass is 16.5. The highest BCUT2D eigenvalue weighted by Crippen LogP contribution is 2.62. The third-order valence-corrected chi connectivity index (χ3v) is 14.7. The summed E-state index contributed by atoms with van der Waals surface area (Å²) in [6, 6.07) is 23.0. The molecule has 292 valence electrons. The van der Waals surface area contributed by atoms with Crippen molar-refractivity contribution in [1.29, 1.82) is 0 Å². The first-order valence-electron chi connectivity index (χ1n) is 20.9. The number of methoxy groups -OCH3 is 1. The van der Waals surface area contributed by atoms with E-state index in [0.717, 1.165) is 47.4 Å². The van der Waals surface area contributed by atoms with Gasteiger partial charge in [-0.15, -0.1) is 0 Å². The number of nitrogens with zero attached hydrogens (tertiary/aromatic N) is 1. The van der Waals surface area contributed by atoms with Crippen LogP contribution in [-0.2, 0) is 6.42 Å². The highest BCUT2D eigenvalue weighted by molar-refractivity contribution is 6.10. The molecule has 2 amide bonds. The van der Waals surface area contributed by atoms with Gasteiger partial charge in [-0.25, -0.2) is 4.79 Å². The van der Waals surface area contributed by atoms with E-state index in [1.807, 2.05) is 65.6 Å². The summed E-state index contributed by atoms with van der Waals surface area (Å²) < 4.78 is 5.39. The van der Waals surface area contributed by atoms with E-state index in [2.05, 4.69) is 37.4 Å². The topological polar surface area (TPSA) is 99.1 Å². The number of amides is 2. The van der Waals surface area contributed by atoms with Gasteiger partial charge in [-0.3, -0.25) is 4.79 Å². The second kappa shape index (κ2) is 15.2. The lowest BCUT2D eigenvalue weighted by Crippen LogP contribution is -2.58. The van der Waals surface area contributed by atoms with Gasteiger partial charge in [0, 0.05) is 28.8 Å². The van der Waals surface area contributed by atoms with Crippen molar-refractivity contribution in [2.45, 2.75) is 115 Å². The maximum atomic E-state index is 14.5. The van der Waals surface area contributed by atoms with Gasteiger partial charge in [0.15, 0.2) is 5.78 Å². The number of allylic oxidation sites excluding steroid dienone is 2. The number of benzene rings is 3. The molecule has 4 atom stereocenters. The first-order valence-corrected chi connectivity index (χ1v) is 20.9. The lowest BCUT2D eigenvalue weighted by Gasteiger charge is -2.58. The summed E-state index contributed by atoms with van der Waals surface area (Å²) >= 11 is 0. The average molecular weight is 745 g/mol. The van der Waals surface area contributed by atoms with Crippen LogP contribution in [0.5, 0.6) is 5.75 Å². The highest BCUT2D eigenvalue weighted by Gasteiger charge is 2.59. The summed E-state index contributed by atoms with van der Waals surface area (Å²) in [5.74, 6) is 2.75. The Morgan fingerprint density at radius 2 is 1.58 bits per heavy atom. The van der Waals surface area contributed by atoms with Crippen molar-refractivity contribution >= 4 is 17.5 Å². The molecule has 7 aliphatic rings. The Balaban J connectivity index is 1.18. The molecule has 3 aromatic carbocycles. The molecule has 3 N–H and O–H groups in total. The summed E-state index contributed by atoms with van der Waals surface area (Å²) in [4.78, 5) is 31.1. The van der Waals surface area contributed by atoms with Crippen LogP contribution in [0.4, 0.5) is 10.5 Å². The summed E-state index contributed by atoms with van der Waals surface area (Å²) in [5.41, 5.74) is 3.35. The molecule has 0 saturated heterocycles. The fourth-order valence-corrected chi connectivity index (χ4v) is 12.2. The zero-order valence-corrected chi connectivity index (χ0v) is 33.1. The number of nitrogens with one attached hydrogen (secondary N) is 1. The monoisotopic (exact) mass is 744 g/mol. The lowest BCUT2D eigenvalue weighted by molar-refractivity contribution is -0.0975. The van der Waals surface area contributed by atoms with Crippen LogP contribution in [0.1, 0.15) is 124 Å². The SMILES string of the molecule is COc1ccc(C(=O)c2cc3ccc2C2CCC(O)(CN(CC45CC6CC(CC(C6)C4)C5)C(=O)Nc4ccccc4)C2(C)CCC=C(C)CCC(O)C3)cc1. The molecule has 0 radical (unpaired) electrons. The number of fused-ring (bicyclic) bond motifs is 8. The van der Waals surface area contributed by atoms with Crippen LogP contribution >= 0.6 is 0 Å². The van der Waals surface area contributed by atoms with E-state index < -0.39 is 17.1 Å². The fourth-order valence-electron chi connectivity index (χ4n) is 12.2. The van der Waals surface area contributed by atoms with E-state index in [-0.39, 0.29) is 29.7 Å². The van der Waals surface area contributed by atoms with E-state index in [9.17, 15) is 19.8 Å². The number of carbonyl (C=O) groups is 2. The van der Waals surface area contributed by atoms with Crippen molar-refractivity contribution in [2.75, 3.05) is 25.5 Å². The fraction of sp³-hybridized carbons (Fsp3) is 0.542. The largest absolute Gasteiger partial charge is 0.497 e. The minimum atomic E-state index is -1.19. The van der Waals surface area contributed by atoms with Crippen molar-refractivity contribution in [3.8, 4) is 5.75 Å². The Bertz CT molecular complexity index is 1870. The second-order valence-corrected chi connectivity index (χ2v) is 18.6. The van der Waals surface area contributed by atoms with Gasteiger partial charge in [0.2, 0.25) is 0 Å². The zero-order valence-electron chi connectivity index (χ0n) is 33.1. The van der Waals surface area contributed by atoms with Crippen LogP contribution < -0.4 is 10.1 Å². The van der Waals surface area contributed by atoms with Crippen molar-refractivity contribution in [3.63, 3.8) is 0 Å². The summed E-state index contributed by atoms with van der Waals surface area (Å²) in [6.07, 6.45) is 13.9. The van der Waals surface area contributed by atoms with E-state index in [4.69, 9.17) is 4.74 Å². The summed E-state index contributed by atoms with van der Waals surface area (Å²) in [5, 5.41) is 27.6. The third kappa shape index (κ3) is 7.64. The molecule has 7 aliphatic carbocycles. The number of rotatable bonds is 8. The number of aliphatic hydroxyl groups is 2. The number of ketones is 1. The number of ether oxygens (including phenoxy) is 1. The standard InChI is InChI=1S/C48H60N2O5/c1-32-8-7-20-46(2)43(41-18-12-33(25-39(51)15-11-32)26-42(41)44(52)37-13-16-40(55-3)17-14-37)19-21-48(46,54)31-50(45(53)49-38-9-5-4-6-10-38)30-47-27-34-22-35(28-47)24-36(23-34)29-47/h4-6,8-10,12-14,16-18,26,34-36,39,43,51,54H,7,11,15,19-25,27-31H2,1-3H3,(H,49,53). The molecule has 10 rings (SSSR count). The quantitative estimate of drug-likeness (QED) is 0.158. The zero-order chi connectivity index (χ0) is 38.4. The predicted molar refractivity (Wildman–Crippen MR) is 217 cm³/mol. The molecule has 55 heavy (non-hydrogen) atoms. The van der Waals surface area contributed by atoms with Gasteiger partial charge in [-0.05, 0) is 173 Å². The van der Waals surface area contributed by atoms with Gasteiger partial charge in [-0.1, -0.05) is 48.9 Å². The molecule has 4 unspecified atom stereocenters. The maximum absolute atomic E-state index is 14.5. The molecule has 5 saturated carbocycles. The predicted octanol–water partition coefficient (Wildman–Crippen LogP) is 9.72. The molecule has 0 heterocycles. The summed E-state index contributed by atoms with van der Waals surface area (Å²) in [7, 11) is 1.62. The van der Waals surface area contributed by atoms with Gasteiger partial charge < -0.3 is 25.2 Å². The first-order chi connectivity index (χ1) is 26.4. The smallest absolute Gasteiger partial charge is 0.321 e. The van der Waals surface area contributed by atoms with Crippen LogP contribution in [0, 0.1) is 28.6 Å². The van der Waals surface area contributed by atoms with Crippen LogP contribution in [0.3, 0.4) is 0 Å². The number of urea groups is 1. The second-order valence-electron chi connectivity index (χ2n) is 18.6. The molecule has 0 aliphatic heterocycles. The Kier molecular flexibility index (Phi) is 10.5. The van der Waals surface area contributed by atoms with Crippen LogP contribution in [0.25, 0.3) is 0 Å². The average Bonchev–Trinajstić information content (AvgIpc) is 3.41. The third-order valence-electron chi connectivity index (χ3n) is 14.7. The van der Waals surface area contributed by atoms with Gasteiger partial charge in [0.25, 0.3) is 0 Å². The molecule has 0 aromatic heterocycles. The van der Waals surface area contributed by atoms with Crippen molar-refractivity contribution in [3.05, 3.63) is 107 Å². The van der Waals surface area contributed by atoms with Crippen molar-refractivity contribution in [2.24, 2.45) is 28.6 Å². The molecular weight excluding hydrogens is 685 g/mol. The number of hydrogen-bond donors (Lipinski definition) is 3. The molecule has 0 spiro atoms. The van der Waals surface area contributed by atoms with Crippen LogP contribution in [0.15, 0.2) is 84.4 Å². The number of para-hydroxylation sites is 1. The minimum absolute atomic E-state index is 0.0692. The van der Waals surface area contributed by atoms with Crippen molar-refractivity contribution < 1.29 is 24.5 Å². The van der Waals surface area contributed by atoms with E-state index >= 15 is 0 Å². The van der Waals surface area contributed by atoms with Gasteiger partial charge in [0.05, 0.1) is 25.4 Å². The number of aliphatic hydroxyl groups excluding tert-OH is 1. The van der Waals surface area contributed by atoms with E-state index in [1.165, 1.54) is 44.1 Å². The van der Waals surface area contributed by atoms with E-state index in [0.29, 0.717) is 55.5 Å².